The van der Waals surface area contributed by atoms with Crippen LogP contribution in [0.15, 0.2) is 0 Å². The molecule has 0 fully saturated rings. The van der Waals surface area contributed by atoms with Crippen molar-refractivity contribution in [1.82, 2.24) is 14.9 Å². The SMILES string of the molecule is CCCc1nnsc1C(=O)N[C@@H](CCC)C(=O)O. The standard InChI is InChI=1S/C11H17N3O3S/c1-3-5-7-9(18-14-13-7)10(15)12-8(6-4-2)11(16)17/h8H,3-6H2,1-2H3,(H,12,15)(H,16,17)/t8-/m0/s1. The predicted molar refractivity (Wildman–Crippen MR) is 67.7 cm³/mol. The fraction of sp³-hybridized carbons (Fsp3) is 0.636. The van der Waals surface area contributed by atoms with Gasteiger partial charge in [0.15, 0.2) is 0 Å². The summed E-state index contributed by atoms with van der Waals surface area (Å²) >= 11 is 1.00. The molecule has 0 unspecified atom stereocenters. The third kappa shape index (κ3) is 3.76. The van der Waals surface area contributed by atoms with Gasteiger partial charge in [-0.05, 0) is 24.4 Å². The van der Waals surface area contributed by atoms with Gasteiger partial charge in [0.2, 0.25) is 0 Å². The minimum absolute atomic E-state index is 0.394. The maximum Gasteiger partial charge on any atom is 0.326 e. The molecule has 0 aliphatic carbocycles. The summed E-state index contributed by atoms with van der Waals surface area (Å²) in [4.78, 5) is 23.3. The van der Waals surface area contributed by atoms with Crippen LogP contribution in [0.1, 0.15) is 48.5 Å². The lowest BCUT2D eigenvalue weighted by Gasteiger charge is -2.12. The van der Waals surface area contributed by atoms with Crippen LogP contribution >= 0.6 is 11.5 Å². The molecule has 2 N–H and O–H groups in total. The van der Waals surface area contributed by atoms with E-state index in [1.54, 1.807) is 0 Å². The van der Waals surface area contributed by atoms with E-state index in [4.69, 9.17) is 5.11 Å². The Kier molecular flexibility index (Phi) is 5.70. The molecule has 1 aromatic rings. The van der Waals surface area contributed by atoms with Gasteiger partial charge in [0.1, 0.15) is 10.9 Å². The fourth-order valence-corrected chi connectivity index (χ4v) is 2.16. The van der Waals surface area contributed by atoms with Crippen LogP contribution in [0.2, 0.25) is 0 Å². The van der Waals surface area contributed by atoms with Gasteiger partial charge in [0.05, 0.1) is 5.69 Å². The van der Waals surface area contributed by atoms with Gasteiger partial charge in [-0.3, -0.25) is 4.79 Å². The second-order valence-electron chi connectivity index (χ2n) is 3.95. The van der Waals surface area contributed by atoms with E-state index in [0.717, 1.165) is 18.0 Å². The first-order chi connectivity index (χ1) is 8.60. The number of carboxylic acids is 1. The summed E-state index contributed by atoms with van der Waals surface area (Å²) in [5.41, 5.74) is 0.639. The molecule has 0 spiro atoms. The number of aromatic nitrogens is 2. The van der Waals surface area contributed by atoms with Crippen LogP contribution in [-0.4, -0.2) is 32.6 Å². The number of rotatable bonds is 7. The molecule has 1 rings (SSSR count). The van der Waals surface area contributed by atoms with E-state index < -0.39 is 17.9 Å². The lowest BCUT2D eigenvalue weighted by molar-refractivity contribution is -0.139. The van der Waals surface area contributed by atoms with Crippen molar-refractivity contribution in [3.05, 3.63) is 10.6 Å². The van der Waals surface area contributed by atoms with E-state index in [9.17, 15) is 9.59 Å². The zero-order valence-corrected chi connectivity index (χ0v) is 11.3. The van der Waals surface area contributed by atoms with Crippen LogP contribution in [0.5, 0.6) is 0 Å². The first-order valence-electron chi connectivity index (χ1n) is 5.95. The Bertz CT molecular complexity index is 419. The van der Waals surface area contributed by atoms with E-state index >= 15 is 0 Å². The second-order valence-corrected chi connectivity index (χ2v) is 4.71. The number of amides is 1. The van der Waals surface area contributed by atoms with Gasteiger partial charge in [-0.1, -0.05) is 31.2 Å². The third-order valence-corrected chi connectivity index (χ3v) is 3.20. The summed E-state index contributed by atoms with van der Waals surface area (Å²) in [6.45, 7) is 3.86. The average Bonchev–Trinajstić information content (AvgIpc) is 2.77. The Labute approximate surface area is 110 Å². The number of nitrogens with one attached hydrogen (secondary N) is 1. The average molecular weight is 271 g/mol. The topological polar surface area (TPSA) is 92.2 Å². The van der Waals surface area contributed by atoms with E-state index in [2.05, 4.69) is 14.9 Å². The van der Waals surface area contributed by atoms with Crippen molar-refractivity contribution >= 4 is 23.4 Å². The van der Waals surface area contributed by atoms with Gasteiger partial charge >= 0.3 is 5.97 Å². The molecule has 100 valence electrons. The maximum absolute atomic E-state index is 11.9. The number of aliphatic carboxylic acids is 1. The molecule has 0 radical (unpaired) electrons. The lowest BCUT2D eigenvalue weighted by atomic mass is 10.1. The van der Waals surface area contributed by atoms with E-state index in [1.165, 1.54) is 0 Å². The summed E-state index contributed by atoms with van der Waals surface area (Å²) in [6.07, 6.45) is 2.64. The number of aryl methyl sites for hydroxylation is 1. The minimum Gasteiger partial charge on any atom is -0.480 e. The quantitative estimate of drug-likeness (QED) is 0.783. The predicted octanol–water partition coefficient (Wildman–Crippen LogP) is 1.47. The van der Waals surface area contributed by atoms with Crippen molar-refractivity contribution in [3.8, 4) is 0 Å². The maximum atomic E-state index is 11.9. The van der Waals surface area contributed by atoms with Gasteiger partial charge in [-0.2, -0.15) is 0 Å². The molecule has 1 atom stereocenters. The molecule has 1 heterocycles. The smallest absolute Gasteiger partial charge is 0.326 e. The Balaban J connectivity index is 2.74. The summed E-state index contributed by atoms with van der Waals surface area (Å²) in [6, 6.07) is -0.848. The van der Waals surface area contributed by atoms with Gasteiger partial charge in [-0.25, -0.2) is 4.79 Å². The van der Waals surface area contributed by atoms with Crippen molar-refractivity contribution in [2.45, 2.75) is 45.6 Å². The van der Waals surface area contributed by atoms with E-state index in [1.807, 2.05) is 13.8 Å². The van der Waals surface area contributed by atoms with Gasteiger partial charge < -0.3 is 10.4 Å². The van der Waals surface area contributed by atoms with Gasteiger partial charge in [-0.15, -0.1) is 5.10 Å². The van der Waals surface area contributed by atoms with Crippen LogP contribution in [0.4, 0.5) is 0 Å². The zero-order valence-electron chi connectivity index (χ0n) is 10.5. The summed E-state index contributed by atoms with van der Waals surface area (Å²) < 4.78 is 3.74. The van der Waals surface area contributed by atoms with Crippen LogP contribution in [0.3, 0.4) is 0 Å². The van der Waals surface area contributed by atoms with Crippen molar-refractivity contribution < 1.29 is 14.7 Å². The fourth-order valence-electron chi connectivity index (χ4n) is 1.55. The van der Waals surface area contributed by atoms with Crippen LogP contribution in [0.25, 0.3) is 0 Å². The first-order valence-corrected chi connectivity index (χ1v) is 6.72. The van der Waals surface area contributed by atoms with Crippen LogP contribution in [0, 0.1) is 0 Å². The Hall–Kier alpha value is -1.50. The van der Waals surface area contributed by atoms with Crippen molar-refractivity contribution in [2.24, 2.45) is 0 Å². The molecule has 0 bridgehead atoms. The van der Waals surface area contributed by atoms with Gasteiger partial charge in [0.25, 0.3) is 5.91 Å². The number of carbonyl (C=O) groups excluding carboxylic acids is 1. The number of carboxylic acid groups (broad SMARTS) is 1. The first kappa shape index (κ1) is 14.6. The van der Waals surface area contributed by atoms with Crippen molar-refractivity contribution in [1.29, 1.82) is 0 Å². The number of hydrogen-bond donors (Lipinski definition) is 2. The number of hydrogen-bond acceptors (Lipinski definition) is 5. The highest BCUT2D eigenvalue weighted by molar-refractivity contribution is 7.08. The molecule has 1 amide bonds. The Morgan fingerprint density at radius 3 is 2.67 bits per heavy atom. The molecule has 0 aliphatic rings. The van der Waals surface area contributed by atoms with E-state index in [-0.39, 0.29) is 0 Å². The summed E-state index contributed by atoms with van der Waals surface area (Å²) in [5.74, 6) is -1.41. The Morgan fingerprint density at radius 2 is 2.11 bits per heavy atom. The molecule has 0 aliphatic heterocycles. The van der Waals surface area contributed by atoms with Crippen LogP contribution in [-0.2, 0) is 11.2 Å². The highest BCUT2D eigenvalue weighted by Crippen LogP contribution is 2.13. The third-order valence-electron chi connectivity index (χ3n) is 2.43. The van der Waals surface area contributed by atoms with Gasteiger partial charge in [0, 0.05) is 0 Å². The lowest BCUT2D eigenvalue weighted by Crippen LogP contribution is -2.40. The summed E-state index contributed by atoms with van der Waals surface area (Å²) in [5, 5.41) is 15.4. The molecule has 0 aromatic carbocycles. The molecule has 7 heteroatoms. The normalized spacial score (nSPS) is 12.1. The molecule has 0 saturated heterocycles. The molecular formula is C11H17N3O3S. The highest BCUT2D eigenvalue weighted by atomic mass is 32.1. The molecule has 18 heavy (non-hydrogen) atoms. The van der Waals surface area contributed by atoms with E-state index in [0.29, 0.717) is 29.8 Å². The number of carbonyl (C=O) groups is 2. The zero-order chi connectivity index (χ0) is 13.5. The number of nitrogens with zero attached hydrogens (tertiary/aromatic N) is 2. The largest absolute Gasteiger partial charge is 0.480 e. The molecule has 1 aromatic heterocycles. The second kappa shape index (κ2) is 7.05. The van der Waals surface area contributed by atoms with Crippen LogP contribution < -0.4 is 5.32 Å². The van der Waals surface area contributed by atoms with Crippen molar-refractivity contribution in [2.75, 3.05) is 0 Å². The summed E-state index contributed by atoms with van der Waals surface area (Å²) in [7, 11) is 0. The molecule has 6 nitrogen and oxygen atoms in total. The monoisotopic (exact) mass is 271 g/mol. The van der Waals surface area contributed by atoms with Crippen molar-refractivity contribution in [3.63, 3.8) is 0 Å². The Morgan fingerprint density at radius 1 is 1.39 bits per heavy atom. The molecule has 0 saturated carbocycles. The highest BCUT2D eigenvalue weighted by Gasteiger charge is 2.22. The molecular weight excluding hydrogens is 254 g/mol. The minimum atomic E-state index is -1.01.